The van der Waals surface area contributed by atoms with Crippen molar-refractivity contribution in [2.45, 2.75) is 16.5 Å². The number of benzene rings is 2. The number of carbonyl (C=O) groups is 1. The standard InChI is InChI=1S/C18H14FN5OS2/c1-11(16(25)22-15-5-3-2-4-12(15)10-20)26-18-24-23-17(27-18)21-14-8-6-13(19)7-9-14/h2-9,11H,1H3,(H,21,23)(H,22,25)/t11-/m0/s1. The summed E-state index contributed by atoms with van der Waals surface area (Å²) >= 11 is 2.56. The monoisotopic (exact) mass is 399 g/mol. The van der Waals surface area contributed by atoms with Crippen LogP contribution in [-0.2, 0) is 4.79 Å². The molecule has 9 heteroatoms. The molecule has 0 spiro atoms. The molecular weight excluding hydrogens is 385 g/mol. The van der Waals surface area contributed by atoms with Gasteiger partial charge in [-0.25, -0.2) is 4.39 Å². The predicted molar refractivity (Wildman–Crippen MR) is 105 cm³/mol. The lowest BCUT2D eigenvalue weighted by Gasteiger charge is -2.11. The Bertz CT molecular complexity index is 984. The van der Waals surface area contributed by atoms with Crippen LogP contribution in [-0.4, -0.2) is 21.4 Å². The highest BCUT2D eigenvalue weighted by molar-refractivity contribution is 8.02. The first kappa shape index (κ1) is 18.8. The van der Waals surface area contributed by atoms with Gasteiger partial charge in [0, 0.05) is 5.69 Å². The molecule has 2 N–H and O–H groups in total. The van der Waals surface area contributed by atoms with E-state index in [0.29, 0.717) is 26.4 Å². The molecule has 1 atom stereocenters. The first-order chi connectivity index (χ1) is 13.0. The van der Waals surface area contributed by atoms with Crippen LogP contribution >= 0.6 is 23.1 Å². The predicted octanol–water partition coefficient (Wildman–Crippen LogP) is 4.41. The second-order valence-electron chi connectivity index (χ2n) is 5.41. The Kier molecular flexibility index (Phi) is 6.01. The van der Waals surface area contributed by atoms with Crippen LogP contribution in [0.2, 0.25) is 0 Å². The molecule has 0 bridgehead atoms. The summed E-state index contributed by atoms with van der Waals surface area (Å²) in [6, 6.07) is 14.8. The molecule has 0 aliphatic carbocycles. The molecule has 27 heavy (non-hydrogen) atoms. The minimum atomic E-state index is -0.427. The number of hydrogen-bond donors (Lipinski definition) is 2. The largest absolute Gasteiger partial charge is 0.330 e. The molecule has 0 unspecified atom stereocenters. The van der Waals surface area contributed by atoms with E-state index in [4.69, 9.17) is 5.26 Å². The van der Waals surface area contributed by atoms with Crippen LogP contribution < -0.4 is 10.6 Å². The first-order valence-corrected chi connectivity index (χ1v) is 9.57. The SMILES string of the molecule is C[C@H](Sc1nnc(Nc2ccc(F)cc2)s1)C(=O)Nc1ccccc1C#N. The van der Waals surface area contributed by atoms with Crippen molar-refractivity contribution in [1.82, 2.24) is 10.2 Å². The van der Waals surface area contributed by atoms with Crippen LogP contribution in [0.3, 0.4) is 0 Å². The highest BCUT2D eigenvalue weighted by Gasteiger charge is 2.18. The fourth-order valence-corrected chi connectivity index (χ4v) is 4.01. The summed E-state index contributed by atoms with van der Waals surface area (Å²) in [6.45, 7) is 1.75. The van der Waals surface area contributed by atoms with Crippen LogP contribution in [0.4, 0.5) is 20.9 Å². The number of nitrogens with one attached hydrogen (secondary N) is 2. The van der Waals surface area contributed by atoms with Gasteiger partial charge in [0.1, 0.15) is 11.9 Å². The van der Waals surface area contributed by atoms with Gasteiger partial charge >= 0.3 is 0 Å². The van der Waals surface area contributed by atoms with Gasteiger partial charge in [-0.2, -0.15) is 5.26 Å². The van der Waals surface area contributed by atoms with Crippen molar-refractivity contribution >= 4 is 45.5 Å². The van der Waals surface area contributed by atoms with Crippen LogP contribution in [0.15, 0.2) is 52.9 Å². The Morgan fingerprint density at radius 3 is 2.70 bits per heavy atom. The van der Waals surface area contributed by atoms with Gasteiger partial charge in [0.2, 0.25) is 11.0 Å². The van der Waals surface area contributed by atoms with Crippen molar-refractivity contribution < 1.29 is 9.18 Å². The molecule has 0 saturated heterocycles. The van der Waals surface area contributed by atoms with Crippen LogP contribution in [0.1, 0.15) is 12.5 Å². The normalized spacial score (nSPS) is 11.4. The Balaban J connectivity index is 1.60. The third-order valence-corrected chi connectivity index (χ3v) is 5.48. The molecule has 3 rings (SSSR count). The highest BCUT2D eigenvalue weighted by Crippen LogP contribution is 2.31. The van der Waals surface area contributed by atoms with E-state index in [2.05, 4.69) is 20.8 Å². The maximum Gasteiger partial charge on any atom is 0.237 e. The molecule has 1 heterocycles. The van der Waals surface area contributed by atoms with E-state index < -0.39 is 5.25 Å². The Morgan fingerprint density at radius 2 is 1.96 bits per heavy atom. The molecule has 0 aliphatic rings. The number of anilines is 3. The van der Waals surface area contributed by atoms with Crippen LogP contribution in [0.25, 0.3) is 0 Å². The summed E-state index contributed by atoms with van der Waals surface area (Å²) in [7, 11) is 0. The molecule has 6 nitrogen and oxygen atoms in total. The van der Waals surface area contributed by atoms with Gasteiger partial charge in [-0.05, 0) is 43.3 Å². The van der Waals surface area contributed by atoms with E-state index in [0.717, 1.165) is 0 Å². The first-order valence-electron chi connectivity index (χ1n) is 7.88. The summed E-state index contributed by atoms with van der Waals surface area (Å²) in [4.78, 5) is 12.4. The average molecular weight is 399 g/mol. The van der Waals surface area contributed by atoms with E-state index in [9.17, 15) is 9.18 Å². The van der Waals surface area contributed by atoms with E-state index in [1.165, 1.54) is 35.2 Å². The van der Waals surface area contributed by atoms with Crippen molar-refractivity contribution in [2.75, 3.05) is 10.6 Å². The zero-order chi connectivity index (χ0) is 19.2. The quantitative estimate of drug-likeness (QED) is 0.597. The number of nitriles is 1. The third-order valence-electron chi connectivity index (χ3n) is 3.45. The molecule has 0 fully saturated rings. The van der Waals surface area contributed by atoms with Crippen molar-refractivity contribution in [3.05, 3.63) is 59.9 Å². The fourth-order valence-electron chi connectivity index (χ4n) is 2.09. The van der Waals surface area contributed by atoms with E-state index >= 15 is 0 Å². The van der Waals surface area contributed by atoms with Gasteiger partial charge < -0.3 is 10.6 Å². The maximum atomic E-state index is 12.9. The fraction of sp³-hybridized carbons (Fsp3) is 0.111. The molecular formula is C18H14FN5OS2. The zero-order valence-corrected chi connectivity index (χ0v) is 15.8. The minimum absolute atomic E-state index is 0.231. The Morgan fingerprint density at radius 1 is 1.22 bits per heavy atom. The number of hydrogen-bond acceptors (Lipinski definition) is 7. The Labute approximate surface area is 163 Å². The van der Waals surface area contributed by atoms with E-state index in [-0.39, 0.29) is 11.7 Å². The van der Waals surface area contributed by atoms with Gasteiger partial charge in [-0.15, -0.1) is 10.2 Å². The van der Waals surface area contributed by atoms with Crippen molar-refractivity contribution in [3.8, 4) is 6.07 Å². The van der Waals surface area contributed by atoms with E-state index in [1.54, 1.807) is 43.3 Å². The number of carbonyl (C=O) groups excluding carboxylic acids is 1. The number of thioether (sulfide) groups is 1. The molecule has 2 aromatic carbocycles. The van der Waals surface area contributed by atoms with Gasteiger partial charge in [-0.1, -0.05) is 35.2 Å². The van der Waals surface area contributed by atoms with E-state index in [1.807, 2.05) is 6.07 Å². The molecule has 0 saturated carbocycles. The molecule has 0 radical (unpaired) electrons. The molecule has 136 valence electrons. The molecule has 0 aliphatic heterocycles. The second kappa shape index (κ2) is 8.62. The highest BCUT2D eigenvalue weighted by atomic mass is 32.2. The second-order valence-corrected chi connectivity index (χ2v) is 7.98. The number of halogens is 1. The van der Waals surface area contributed by atoms with Crippen LogP contribution in [0.5, 0.6) is 0 Å². The van der Waals surface area contributed by atoms with Gasteiger partial charge in [0.25, 0.3) is 0 Å². The number of amides is 1. The number of rotatable bonds is 6. The van der Waals surface area contributed by atoms with Gasteiger partial charge in [0.05, 0.1) is 16.5 Å². The van der Waals surface area contributed by atoms with Gasteiger partial charge in [-0.3, -0.25) is 4.79 Å². The smallest absolute Gasteiger partial charge is 0.237 e. The lowest BCUT2D eigenvalue weighted by atomic mass is 10.2. The summed E-state index contributed by atoms with van der Waals surface area (Å²) < 4.78 is 13.6. The number of para-hydroxylation sites is 1. The topological polar surface area (TPSA) is 90.7 Å². The number of aromatic nitrogens is 2. The van der Waals surface area contributed by atoms with Crippen molar-refractivity contribution in [2.24, 2.45) is 0 Å². The Hall–Kier alpha value is -2.96. The summed E-state index contributed by atoms with van der Waals surface area (Å²) in [6.07, 6.45) is 0. The molecule has 1 amide bonds. The maximum absolute atomic E-state index is 12.9. The van der Waals surface area contributed by atoms with Crippen molar-refractivity contribution in [1.29, 1.82) is 5.26 Å². The molecule has 1 aromatic heterocycles. The lowest BCUT2D eigenvalue weighted by molar-refractivity contribution is -0.115. The number of nitrogens with zero attached hydrogens (tertiary/aromatic N) is 3. The average Bonchev–Trinajstić information content (AvgIpc) is 3.10. The van der Waals surface area contributed by atoms with Crippen molar-refractivity contribution in [3.63, 3.8) is 0 Å². The summed E-state index contributed by atoms with van der Waals surface area (Å²) in [5.74, 6) is -0.544. The summed E-state index contributed by atoms with van der Waals surface area (Å²) in [5, 5.41) is 23.1. The summed E-state index contributed by atoms with van der Waals surface area (Å²) in [5.41, 5.74) is 1.58. The minimum Gasteiger partial charge on any atom is -0.330 e. The lowest BCUT2D eigenvalue weighted by Crippen LogP contribution is -2.22. The van der Waals surface area contributed by atoms with Gasteiger partial charge in [0.15, 0.2) is 4.34 Å². The zero-order valence-electron chi connectivity index (χ0n) is 14.1. The molecule has 3 aromatic rings. The third kappa shape index (κ3) is 5.03. The van der Waals surface area contributed by atoms with Crippen LogP contribution in [0, 0.1) is 17.1 Å².